The van der Waals surface area contributed by atoms with Crippen molar-refractivity contribution in [2.45, 2.75) is 71.6 Å². The lowest BCUT2D eigenvalue weighted by atomic mass is 9.87. The summed E-state index contributed by atoms with van der Waals surface area (Å²) >= 11 is 0. The summed E-state index contributed by atoms with van der Waals surface area (Å²) in [7, 11) is 0. The molecule has 1 unspecified atom stereocenters. The van der Waals surface area contributed by atoms with Crippen LogP contribution in [-0.4, -0.2) is 0 Å². The minimum Gasteiger partial charge on any atom is -0.0654 e. The second-order valence-corrected chi connectivity index (χ2v) is 8.13. The summed E-state index contributed by atoms with van der Waals surface area (Å²) in [5.41, 5.74) is 4.07. The molecule has 0 aliphatic rings. The Hall–Kier alpha value is -2.08. The maximum atomic E-state index is 3.57. The summed E-state index contributed by atoms with van der Waals surface area (Å²) < 4.78 is 0. The SMILES string of the molecule is CCCCCCCCC(CC)Cc1ccc[c]c1-c1cccc2ccccc12. The summed E-state index contributed by atoms with van der Waals surface area (Å²) in [5, 5.41) is 2.64. The van der Waals surface area contributed by atoms with E-state index in [1.54, 1.807) is 0 Å². The van der Waals surface area contributed by atoms with E-state index < -0.39 is 0 Å². The van der Waals surface area contributed by atoms with Crippen LogP contribution in [0.15, 0.2) is 60.7 Å². The molecule has 0 amide bonds. The third-order valence-electron chi connectivity index (χ3n) is 6.05. The molecule has 0 heterocycles. The zero-order valence-corrected chi connectivity index (χ0v) is 17.7. The molecule has 0 saturated heterocycles. The molecule has 147 valence electrons. The molecule has 0 aromatic heterocycles. The van der Waals surface area contributed by atoms with Gasteiger partial charge in [0.1, 0.15) is 0 Å². The highest BCUT2D eigenvalue weighted by Crippen LogP contribution is 2.32. The molecule has 3 aromatic carbocycles. The first kappa shape index (κ1) is 20.6. The van der Waals surface area contributed by atoms with Crippen molar-refractivity contribution in [3.8, 4) is 11.1 Å². The second kappa shape index (κ2) is 11.1. The molecule has 1 radical (unpaired) electrons. The predicted octanol–water partition coefficient (Wildman–Crippen LogP) is 8.63. The van der Waals surface area contributed by atoms with Crippen molar-refractivity contribution in [3.63, 3.8) is 0 Å². The molecule has 1 atom stereocenters. The first-order valence-corrected chi connectivity index (χ1v) is 11.3. The molecule has 0 aliphatic heterocycles. The van der Waals surface area contributed by atoms with Gasteiger partial charge in [0.05, 0.1) is 0 Å². The number of hydrogen-bond donors (Lipinski definition) is 0. The van der Waals surface area contributed by atoms with Crippen molar-refractivity contribution in [1.29, 1.82) is 0 Å². The monoisotopic (exact) mass is 371 g/mol. The summed E-state index contributed by atoms with van der Waals surface area (Å²) in [6.07, 6.45) is 12.1. The number of fused-ring (bicyclic) bond motifs is 1. The van der Waals surface area contributed by atoms with Crippen molar-refractivity contribution in [3.05, 3.63) is 72.3 Å². The zero-order chi connectivity index (χ0) is 19.6. The van der Waals surface area contributed by atoms with Crippen LogP contribution < -0.4 is 0 Å². The van der Waals surface area contributed by atoms with Gasteiger partial charge in [-0.05, 0) is 45.9 Å². The fraction of sp³-hybridized carbons (Fsp3) is 0.429. The molecule has 28 heavy (non-hydrogen) atoms. The van der Waals surface area contributed by atoms with Crippen molar-refractivity contribution in [2.75, 3.05) is 0 Å². The lowest BCUT2D eigenvalue weighted by Crippen LogP contribution is -2.05. The lowest BCUT2D eigenvalue weighted by Gasteiger charge is -2.18. The quantitative estimate of drug-likeness (QED) is 0.296. The van der Waals surface area contributed by atoms with E-state index in [1.807, 2.05) is 0 Å². The van der Waals surface area contributed by atoms with E-state index in [9.17, 15) is 0 Å². The van der Waals surface area contributed by atoms with Crippen molar-refractivity contribution < 1.29 is 0 Å². The Morgan fingerprint density at radius 3 is 2.43 bits per heavy atom. The third-order valence-corrected chi connectivity index (χ3v) is 6.05. The minimum absolute atomic E-state index is 0.774. The number of unbranched alkanes of at least 4 members (excludes halogenated alkanes) is 5. The van der Waals surface area contributed by atoms with Crippen LogP contribution in [0, 0.1) is 12.0 Å². The van der Waals surface area contributed by atoms with Gasteiger partial charge in [-0.3, -0.25) is 0 Å². The molecular formula is C28H35. The third kappa shape index (κ3) is 5.47. The molecule has 0 N–H and O–H groups in total. The molecule has 3 aromatic rings. The smallest absolute Gasteiger partial charge is 0.00667 e. The van der Waals surface area contributed by atoms with Crippen LogP contribution in [0.5, 0.6) is 0 Å². The Bertz CT molecular complexity index is 840. The average molecular weight is 372 g/mol. The molecule has 0 nitrogen and oxygen atoms in total. The van der Waals surface area contributed by atoms with E-state index in [2.05, 4.69) is 80.6 Å². The van der Waals surface area contributed by atoms with Gasteiger partial charge in [0.25, 0.3) is 0 Å². The van der Waals surface area contributed by atoms with Crippen LogP contribution in [0.1, 0.15) is 70.8 Å². The summed E-state index contributed by atoms with van der Waals surface area (Å²) in [6, 6.07) is 25.4. The van der Waals surface area contributed by atoms with Crippen molar-refractivity contribution in [2.24, 2.45) is 5.92 Å². The van der Waals surface area contributed by atoms with E-state index >= 15 is 0 Å². The van der Waals surface area contributed by atoms with E-state index in [4.69, 9.17) is 0 Å². The van der Waals surface area contributed by atoms with Gasteiger partial charge >= 0.3 is 0 Å². The molecule has 0 saturated carbocycles. The highest BCUT2D eigenvalue weighted by atomic mass is 14.2. The molecule has 0 spiro atoms. The largest absolute Gasteiger partial charge is 0.0654 e. The second-order valence-electron chi connectivity index (χ2n) is 8.13. The number of benzene rings is 3. The van der Waals surface area contributed by atoms with Crippen LogP contribution in [-0.2, 0) is 6.42 Å². The summed E-state index contributed by atoms with van der Waals surface area (Å²) in [5.74, 6) is 0.774. The first-order chi connectivity index (χ1) is 13.8. The molecular weight excluding hydrogens is 336 g/mol. The van der Waals surface area contributed by atoms with Gasteiger partial charge < -0.3 is 0 Å². The van der Waals surface area contributed by atoms with Gasteiger partial charge in [0, 0.05) is 0 Å². The zero-order valence-electron chi connectivity index (χ0n) is 17.7. The first-order valence-electron chi connectivity index (χ1n) is 11.3. The van der Waals surface area contributed by atoms with Gasteiger partial charge in [-0.1, -0.05) is 126 Å². The van der Waals surface area contributed by atoms with E-state index in [0.29, 0.717) is 0 Å². The molecule has 0 aliphatic carbocycles. The predicted molar refractivity (Wildman–Crippen MR) is 124 cm³/mol. The number of rotatable bonds is 11. The summed E-state index contributed by atoms with van der Waals surface area (Å²) in [4.78, 5) is 0. The lowest BCUT2D eigenvalue weighted by molar-refractivity contribution is 0.436. The Balaban J connectivity index is 1.73. The van der Waals surface area contributed by atoms with Gasteiger partial charge in [-0.2, -0.15) is 0 Å². The van der Waals surface area contributed by atoms with Crippen LogP contribution in [0.4, 0.5) is 0 Å². The number of hydrogen-bond acceptors (Lipinski definition) is 0. The van der Waals surface area contributed by atoms with Crippen LogP contribution in [0.2, 0.25) is 0 Å². The van der Waals surface area contributed by atoms with E-state index in [-0.39, 0.29) is 0 Å². The molecule has 0 fully saturated rings. The fourth-order valence-electron chi connectivity index (χ4n) is 4.31. The van der Waals surface area contributed by atoms with Crippen molar-refractivity contribution >= 4 is 10.8 Å². The molecule has 0 bridgehead atoms. The van der Waals surface area contributed by atoms with Gasteiger partial charge in [0.2, 0.25) is 0 Å². The maximum absolute atomic E-state index is 3.57. The summed E-state index contributed by atoms with van der Waals surface area (Å²) in [6.45, 7) is 4.64. The van der Waals surface area contributed by atoms with Crippen LogP contribution in [0.3, 0.4) is 0 Å². The van der Waals surface area contributed by atoms with Crippen LogP contribution >= 0.6 is 0 Å². The van der Waals surface area contributed by atoms with Gasteiger partial charge in [-0.15, -0.1) is 0 Å². The maximum Gasteiger partial charge on any atom is -0.00667 e. The van der Waals surface area contributed by atoms with Crippen LogP contribution in [0.25, 0.3) is 21.9 Å². The average Bonchev–Trinajstić information content (AvgIpc) is 2.75. The highest BCUT2D eigenvalue weighted by Gasteiger charge is 2.13. The van der Waals surface area contributed by atoms with Gasteiger partial charge in [0.15, 0.2) is 0 Å². The molecule has 0 heteroatoms. The minimum atomic E-state index is 0.774. The van der Waals surface area contributed by atoms with Gasteiger partial charge in [-0.25, -0.2) is 0 Å². The van der Waals surface area contributed by atoms with E-state index in [1.165, 1.54) is 85.3 Å². The fourth-order valence-corrected chi connectivity index (χ4v) is 4.31. The Morgan fingerprint density at radius 2 is 1.57 bits per heavy atom. The Morgan fingerprint density at radius 1 is 0.786 bits per heavy atom. The highest BCUT2D eigenvalue weighted by molar-refractivity contribution is 5.97. The molecule has 3 rings (SSSR count). The normalized spacial score (nSPS) is 12.4. The Kier molecular flexibility index (Phi) is 8.15. The topological polar surface area (TPSA) is 0 Å². The van der Waals surface area contributed by atoms with E-state index in [0.717, 1.165) is 5.92 Å². The van der Waals surface area contributed by atoms with Crippen molar-refractivity contribution in [1.82, 2.24) is 0 Å². The standard InChI is InChI=1S/C28H35/c1-3-5-6-7-8-9-15-23(4-2)22-25-17-11-13-20-27(25)28-21-14-18-24-16-10-12-19-26(24)28/h10-14,16-19,21,23H,3-9,15,22H2,1-2H3. The Labute approximate surface area is 172 Å².